The summed E-state index contributed by atoms with van der Waals surface area (Å²) in [6.45, 7) is 1.60. The fourth-order valence-corrected chi connectivity index (χ4v) is 2.85. The van der Waals surface area contributed by atoms with Gasteiger partial charge in [0.2, 0.25) is 5.91 Å². The van der Waals surface area contributed by atoms with E-state index in [1.54, 1.807) is 6.92 Å². The molecule has 1 saturated carbocycles. The summed E-state index contributed by atoms with van der Waals surface area (Å²) in [6, 6.07) is -0.502. The van der Waals surface area contributed by atoms with E-state index in [1.165, 1.54) is 0 Å². The number of nitrogens with one attached hydrogen (secondary N) is 1. The lowest BCUT2D eigenvalue weighted by molar-refractivity contribution is -0.152. The zero-order valence-electron chi connectivity index (χ0n) is 10.6. The van der Waals surface area contributed by atoms with Crippen molar-refractivity contribution in [1.82, 2.24) is 5.32 Å². The third-order valence-electron chi connectivity index (χ3n) is 3.43. The summed E-state index contributed by atoms with van der Waals surface area (Å²) >= 11 is 0. The highest BCUT2D eigenvalue weighted by molar-refractivity contribution is 7.91. The summed E-state index contributed by atoms with van der Waals surface area (Å²) in [5.74, 6) is -2.18. The van der Waals surface area contributed by atoms with Crippen molar-refractivity contribution in [2.75, 3.05) is 12.0 Å². The van der Waals surface area contributed by atoms with Crippen LogP contribution in [0.15, 0.2) is 0 Å². The first-order valence-electron chi connectivity index (χ1n) is 5.85. The number of hydrogen-bond donors (Lipinski definition) is 2. The van der Waals surface area contributed by atoms with Crippen molar-refractivity contribution in [3.8, 4) is 0 Å². The van der Waals surface area contributed by atoms with Gasteiger partial charge in [-0.05, 0) is 19.8 Å². The van der Waals surface area contributed by atoms with Crippen molar-refractivity contribution in [2.24, 2.45) is 5.41 Å². The van der Waals surface area contributed by atoms with Gasteiger partial charge in [-0.3, -0.25) is 9.59 Å². The normalized spacial score (nSPS) is 28.7. The fourth-order valence-electron chi connectivity index (χ4n) is 2.30. The van der Waals surface area contributed by atoms with Crippen LogP contribution in [0.5, 0.6) is 0 Å². The van der Waals surface area contributed by atoms with Crippen LogP contribution in [0, 0.1) is 5.41 Å². The summed E-state index contributed by atoms with van der Waals surface area (Å²) in [7, 11) is -3.39. The molecule has 1 fully saturated rings. The molecule has 0 bridgehead atoms. The molecule has 1 aliphatic carbocycles. The van der Waals surface area contributed by atoms with Gasteiger partial charge in [-0.2, -0.15) is 0 Å². The van der Waals surface area contributed by atoms with Crippen LogP contribution in [0.4, 0.5) is 0 Å². The van der Waals surface area contributed by atoms with Gasteiger partial charge >= 0.3 is 5.97 Å². The van der Waals surface area contributed by atoms with Gasteiger partial charge in [-0.1, -0.05) is 12.8 Å². The Bertz CT molecular complexity index is 444. The molecule has 0 aromatic rings. The van der Waals surface area contributed by atoms with E-state index < -0.39 is 38.9 Å². The lowest BCUT2D eigenvalue weighted by atomic mass is 9.71. The van der Waals surface area contributed by atoms with Gasteiger partial charge in [-0.25, -0.2) is 8.42 Å². The smallest absolute Gasteiger partial charge is 0.311 e. The van der Waals surface area contributed by atoms with E-state index in [4.69, 9.17) is 0 Å². The molecule has 1 aliphatic rings. The lowest BCUT2D eigenvalue weighted by Crippen LogP contribution is -2.53. The minimum absolute atomic E-state index is 0.492. The van der Waals surface area contributed by atoms with Crippen molar-refractivity contribution in [2.45, 2.75) is 38.6 Å². The fraction of sp³-hybridized carbons (Fsp3) is 0.818. The minimum Gasteiger partial charge on any atom is -0.481 e. The number of carboxylic acid groups (broad SMARTS) is 1. The van der Waals surface area contributed by atoms with Crippen LogP contribution in [-0.2, 0) is 19.4 Å². The van der Waals surface area contributed by atoms with Crippen LogP contribution >= 0.6 is 0 Å². The van der Waals surface area contributed by atoms with E-state index in [0.717, 1.165) is 19.1 Å². The summed E-state index contributed by atoms with van der Waals surface area (Å²) in [6.07, 6.45) is 3.68. The molecule has 6 nitrogen and oxygen atoms in total. The largest absolute Gasteiger partial charge is 0.481 e. The quantitative estimate of drug-likeness (QED) is 0.763. The molecule has 0 saturated heterocycles. The summed E-state index contributed by atoms with van der Waals surface area (Å²) in [5.41, 5.74) is -1.01. The molecule has 1 amide bonds. The molecule has 0 radical (unpaired) electrons. The van der Waals surface area contributed by atoms with Gasteiger partial charge in [-0.15, -0.1) is 0 Å². The topological polar surface area (TPSA) is 101 Å². The first-order valence-corrected chi connectivity index (χ1v) is 7.92. The zero-order valence-corrected chi connectivity index (χ0v) is 11.4. The summed E-state index contributed by atoms with van der Waals surface area (Å²) in [4.78, 5) is 22.8. The van der Waals surface area contributed by atoms with Crippen LogP contribution < -0.4 is 5.32 Å². The maximum atomic E-state index is 11.6. The molecular weight excluding hydrogens is 258 g/mol. The van der Waals surface area contributed by atoms with Crippen LogP contribution in [0.3, 0.4) is 0 Å². The third-order valence-corrected chi connectivity index (χ3v) is 4.21. The Kier molecular flexibility index (Phi) is 4.37. The molecule has 2 unspecified atom stereocenters. The van der Waals surface area contributed by atoms with Crippen molar-refractivity contribution < 1.29 is 23.1 Å². The zero-order chi connectivity index (χ0) is 14.0. The third kappa shape index (κ3) is 3.69. The van der Waals surface area contributed by atoms with Crippen molar-refractivity contribution in [3.63, 3.8) is 0 Å². The molecule has 18 heavy (non-hydrogen) atoms. The van der Waals surface area contributed by atoms with E-state index in [-0.39, 0.29) is 0 Å². The average Bonchev–Trinajstić information content (AvgIpc) is 2.18. The van der Waals surface area contributed by atoms with Gasteiger partial charge in [0, 0.05) is 12.3 Å². The van der Waals surface area contributed by atoms with Gasteiger partial charge in [0.25, 0.3) is 0 Å². The van der Waals surface area contributed by atoms with Gasteiger partial charge in [0.1, 0.15) is 5.75 Å². The maximum absolute atomic E-state index is 11.6. The Labute approximate surface area is 107 Å². The number of rotatable bonds is 4. The van der Waals surface area contributed by atoms with E-state index in [1.807, 2.05) is 0 Å². The van der Waals surface area contributed by atoms with E-state index >= 15 is 0 Å². The predicted molar refractivity (Wildman–Crippen MR) is 65.9 cm³/mol. The first-order chi connectivity index (χ1) is 8.15. The van der Waals surface area contributed by atoms with E-state index in [0.29, 0.717) is 12.8 Å². The van der Waals surface area contributed by atoms with Gasteiger partial charge < -0.3 is 10.4 Å². The van der Waals surface area contributed by atoms with Crippen LogP contribution in [0.2, 0.25) is 0 Å². The second-order valence-electron chi connectivity index (χ2n) is 5.16. The van der Waals surface area contributed by atoms with Gasteiger partial charge in [0.15, 0.2) is 9.84 Å². The first kappa shape index (κ1) is 14.9. The standard InChI is InChI=1S/C11H19NO5S/c1-11(10(14)15)6-4-3-5-8(11)12-9(13)7-18(2,16)17/h8H,3-7H2,1-2H3,(H,12,13)(H,14,15). The highest BCUT2D eigenvalue weighted by Crippen LogP contribution is 2.36. The molecular formula is C11H19NO5S. The number of carbonyl (C=O) groups is 2. The Morgan fingerprint density at radius 3 is 2.50 bits per heavy atom. The number of sulfone groups is 1. The molecule has 2 N–H and O–H groups in total. The van der Waals surface area contributed by atoms with Crippen molar-refractivity contribution in [1.29, 1.82) is 0 Å². The van der Waals surface area contributed by atoms with E-state index in [9.17, 15) is 23.1 Å². The monoisotopic (exact) mass is 277 g/mol. The van der Waals surface area contributed by atoms with Crippen LogP contribution in [0.25, 0.3) is 0 Å². The summed E-state index contributed by atoms with van der Waals surface area (Å²) < 4.78 is 22.0. The van der Waals surface area contributed by atoms with Crippen LogP contribution in [0.1, 0.15) is 32.6 Å². The summed E-state index contributed by atoms with van der Waals surface area (Å²) in [5, 5.41) is 11.8. The maximum Gasteiger partial charge on any atom is 0.311 e. The Hall–Kier alpha value is -1.11. The minimum atomic E-state index is -3.39. The molecule has 0 heterocycles. The number of carboxylic acids is 1. The van der Waals surface area contributed by atoms with Gasteiger partial charge in [0.05, 0.1) is 5.41 Å². The molecule has 0 aromatic carbocycles. The molecule has 0 aromatic heterocycles. The number of carbonyl (C=O) groups excluding carboxylic acids is 1. The molecule has 1 rings (SSSR count). The van der Waals surface area contributed by atoms with Crippen molar-refractivity contribution >= 4 is 21.7 Å². The second-order valence-corrected chi connectivity index (χ2v) is 7.30. The van der Waals surface area contributed by atoms with Crippen LogP contribution in [-0.4, -0.2) is 43.5 Å². The molecule has 0 aliphatic heterocycles. The molecule has 2 atom stereocenters. The average molecular weight is 277 g/mol. The molecule has 104 valence electrons. The molecule has 7 heteroatoms. The Balaban J connectivity index is 2.75. The number of hydrogen-bond acceptors (Lipinski definition) is 4. The van der Waals surface area contributed by atoms with Crippen molar-refractivity contribution in [3.05, 3.63) is 0 Å². The Morgan fingerprint density at radius 2 is 2.00 bits per heavy atom. The predicted octanol–water partition coefficient (Wildman–Crippen LogP) is 0.181. The molecule has 0 spiro atoms. The van der Waals surface area contributed by atoms with E-state index in [2.05, 4.69) is 5.32 Å². The lowest BCUT2D eigenvalue weighted by Gasteiger charge is -2.38. The SMILES string of the molecule is CC1(C(=O)O)CCCCC1NC(=O)CS(C)(=O)=O. The second kappa shape index (κ2) is 5.26. The number of amides is 1. The highest BCUT2D eigenvalue weighted by Gasteiger charge is 2.43. The highest BCUT2D eigenvalue weighted by atomic mass is 32.2. The Morgan fingerprint density at radius 1 is 1.39 bits per heavy atom. The number of aliphatic carboxylic acids is 1.